The number of rotatable bonds is 3. The molecule has 1 aliphatic heterocycles. The number of fused-ring (bicyclic) bond motifs is 1. The van der Waals surface area contributed by atoms with Gasteiger partial charge in [-0.3, -0.25) is 4.79 Å². The fourth-order valence-electron chi connectivity index (χ4n) is 2.67. The molecule has 0 spiro atoms. The van der Waals surface area contributed by atoms with E-state index in [1.54, 1.807) is 11.9 Å². The van der Waals surface area contributed by atoms with E-state index in [9.17, 15) is 4.79 Å². The maximum atomic E-state index is 12.5. The van der Waals surface area contributed by atoms with Gasteiger partial charge in [0.15, 0.2) is 0 Å². The number of halogens is 1. The minimum Gasteiger partial charge on any atom is -0.459 e. The lowest BCUT2D eigenvalue weighted by molar-refractivity contribution is -0.138. The van der Waals surface area contributed by atoms with Crippen LogP contribution in [-0.2, 0) is 16.1 Å². The first-order chi connectivity index (χ1) is 10.1. The third-order valence-corrected chi connectivity index (χ3v) is 3.83. The molecular formula is C16H21ClN2O3. The molecule has 120 valence electrons. The number of hydrogen-bond donors (Lipinski definition) is 1. The van der Waals surface area contributed by atoms with Gasteiger partial charge in [-0.25, -0.2) is 0 Å². The Morgan fingerprint density at radius 2 is 2.18 bits per heavy atom. The number of nitrogens with zero attached hydrogens (tertiary/aromatic N) is 1. The number of likely N-dealkylation sites (N-methyl/N-ethyl adjacent to an activating group) is 1. The van der Waals surface area contributed by atoms with E-state index >= 15 is 0 Å². The Morgan fingerprint density at radius 1 is 1.41 bits per heavy atom. The minimum atomic E-state index is -0.284. The summed E-state index contributed by atoms with van der Waals surface area (Å²) in [7, 11) is 1.79. The van der Waals surface area contributed by atoms with E-state index in [4.69, 9.17) is 9.15 Å². The van der Waals surface area contributed by atoms with Crippen molar-refractivity contribution in [3.63, 3.8) is 0 Å². The molecule has 0 radical (unpaired) electrons. The van der Waals surface area contributed by atoms with Crippen LogP contribution in [0, 0.1) is 0 Å². The van der Waals surface area contributed by atoms with Crippen molar-refractivity contribution in [2.75, 3.05) is 20.2 Å². The van der Waals surface area contributed by atoms with Crippen molar-refractivity contribution in [2.24, 2.45) is 0 Å². The van der Waals surface area contributed by atoms with Crippen molar-refractivity contribution in [1.29, 1.82) is 0 Å². The minimum absolute atomic E-state index is 0. The van der Waals surface area contributed by atoms with Crippen molar-refractivity contribution in [1.82, 2.24) is 10.2 Å². The summed E-state index contributed by atoms with van der Waals surface area (Å²) in [6.45, 7) is 3.74. The van der Waals surface area contributed by atoms with Crippen LogP contribution in [0.2, 0.25) is 0 Å². The Kier molecular flexibility index (Phi) is 5.45. The van der Waals surface area contributed by atoms with Crippen LogP contribution in [0.15, 0.2) is 34.7 Å². The Bertz CT molecular complexity index is 610. The first-order valence-corrected chi connectivity index (χ1v) is 7.22. The maximum absolute atomic E-state index is 12.5. The van der Waals surface area contributed by atoms with Gasteiger partial charge in [0.2, 0.25) is 5.91 Å². The standard InChI is InChI=1S/C16H20N2O3.ClH/c1-11-15(17-7-8-20-11)16(19)18(2)10-13-9-12-5-3-4-6-14(12)21-13;/h3-6,9,11,15,17H,7-8,10H2,1-2H3;1H/t11-,15+;/m1./s1. The smallest absolute Gasteiger partial charge is 0.242 e. The Hall–Kier alpha value is -1.56. The predicted molar refractivity (Wildman–Crippen MR) is 87.1 cm³/mol. The predicted octanol–water partition coefficient (Wildman–Crippen LogP) is 2.19. The van der Waals surface area contributed by atoms with Crippen molar-refractivity contribution < 1.29 is 13.9 Å². The van der Waals surface area contributed by atoms with Gasteiger partial charge in [-0.2, -0.15) is 0 Å². The number of ether oxygens (including phenoxy) is 1. The Balaban J connectivity index is 0.00000176. The highest BCUT2D eigenvalue weighted by Crippen LogP contribution is 2.20. The summed E-state index contributed by atoms with van der Waals surface area (Å²) >= 11 is 0. The number of para-hydroxylation sites is 1. The molecule has 3 rings (SSSR count). The zero-order valence-corrected chi connectivity index (χ0v) is 13.6. The largest absolute Gasteiger partial charge is 0.459 e. The normalized spacial score (nSPS) is 21.4. The maximum Gasteiger partial charge on any atom is 0.242 e. The molecule has 0 bridgehead atoms. The van der Waals surface area contributed by atoms with Gasteiger partial charge in [0.25, 0.3) is 0 Å². The van der Waals surface area contributed by atoms with Gasteiger partial charge in [0.05, 0.1) is 19.3 Å². The fraction of sp³-hybridized carbons (Fsp3) is 0.438. The molecule has 1 N–H and O–H groups in total. The first kappa shape index (κ1) is 16.8. The Morgan fingerprint density at radius 3 is 2.91 bits per heavy atom. The van der Waals surface area contributed by atoms with E-state index in [0.29, 0.717) is 19.7 Å². The third kappa shape index (κ3) is 3.43. The SMILES string of the molecule is C[C@H]1OCCN[C@@H]1C(=O)N(C)Cc1cc2ccccc2o1.Cl. The van der Waals surface area contributed by atoms with Crippen LogP contribution in [-0.4, -0.2) is 43.2 Å². The second-order valence-corrected chi connectivity index (χ2v) is 5.45. The van der Waals surface area contributed by atoms with Crippen molar-refractivity contribution in [3.05, 3.63) is 36.1 Å². The molecular weight excluding hydrogens is 304 g/mol. The van der Waals surface area contributed by atoms with Crippen LogP contribution in [0.4, 0.5) is 0 Å². The summed E-state index contributed by atoms with van der Waals surface area (Å²) in [5, 5.41) is 4.27. The average molecular weight is 325 g/mol. The fourth-order valence-corrected chi connectivity index (χ4v) is 2.67. The molecule has 0 aliphatic carbocycles. The summed E-state index contributed by atoms with van der Waals surface area (Å²) in [4.78, 5) is 14.2. The van der Waals surface area contributed by atoms with Gasteiger partial charge in [0, 0.05) is 19.0 Å². The molecule has 1 fully saturated rings. The van der Waals surface area contributed by atoms with E-state index < -0.39 is 0 Å². The molecule has 1 saturated heterocycles. The second kappa shape index (κ2) is 7.13. The monoisotopic (exact) mass is 324 g/mol. The van der Waals surface area contributed by atoms with E-state index in [-0.39, 0.29) is 30.5 Å². The highest BCUT2D eigenvalue weighted by molar-refractivity contribution is 5.85. The van der Waals surface area contributed by atoms with E-state index in [1.165, 1.54) is 0 Å². The highest BCUT2D eigenvalue weighted by atomic mass is 35.5. The van der Waals surface area contributed by atoms with Crippen molar-refractivity contribution in [3.8, 4) is 0 Å². The lowest BCUT2D eigenvalue weighted by atomic mass is 10.1. The van der Waals surface area contributed by atoms with Gasteiger partial charge >= 0.3 is 0 Å². The number of nitrogens with one attached hydrogen (secondary N) is 1. The first-order valence-electron chi connectivity index (χ1n) is 7.22. The summed E-state index contributed by atoms with van der Waals surface area (Å²) in [5.74, 6) is 0.819. The molecule has 0 unspecified atom stereocenters. The van der Waals surface area contributed by atoms with Crippen LogP contribution in [0.25, 0.3) is 11.0 Å². The van der Waals surface area contributed by atoms with Crippen LogP contribution in [0.3, 0.4) is 0 Å². The molecule has 5 nitrogen and oxygen atoms in total. The van der Waals surface area contributed by atoms with Gasteiger partial charge in [-0.1, -0.05) is 18.2 Å². The summed E-state index contributed by atoms with van der Waals surface area (Å²) in [6, 6.07) is 9.54. The molecule has 1 amide bonds. The average Bonchev–Trinajstić information content (AvgIpc) is 2.89. The Labute approximate surface area is 136 Å². The van der Waals surface area contributed by atoms with E-state index in [2.05, 4.69) is 5.32 Å². The third-order valence-electron chi connectivity index (χ3n) is 3.83. The lowest BCUT2D eigenvalue weighted by Gasteiger charge is -2.32. The van der Waals surface area contributed by atoms with Crippen LogP contribution in [0.5, 0.6) is 0 Å². The topological polar surface area (TPSA) is 54.7 Å². The van der Waals surface area contributed by atoms with Crippen LogP contribution in [0.1, 0.15) is 12.7 Å². The molecule has 1 aromatic carbocycles. The van der Waals surface area contributed by atoms with Crippen molar-refractivity contribution >= 4 is 29.3 Å². The molecule has 2 aromatic rings. The summed E-state index contributed by atoms with van der Waals surface area (Å²) in [5.41, 5.74) is 0.848. The van der Waals surface area contributed by atoms with Gasteiger partial charge in [-0.05, 0) is 19.1 Å². The molecule has 2 heterocycles. The number of carbonyl (C=O) groups excluding carboxylic acids is 1. The summed E-state index contributed by atoms with van der Waals surface area (Å²) < 4.78 is 11.3. The molecule has 1 aliphatic rings. The number of benzene rings is 1. The molecule has 6 heteroatoms. The van der Waals surface area contributed by atoms with Crippen LogP contribution >= 0.6 is 12.4 Å². The summed E-state index contributed by atoms with van der Waals surface area (Å²) in [6.07, 6.45) is -0.107. The quantitative estimate of drug-likeness (QED) is 0.940. The number of morpholine rings is 1. The number of hydrogen-bond acceptors (Lipinski definition) is 4. The number of carbonyl (C=O) groups is 1. The highest BCUT2D eigenvalue weighted by Gasteiger charge is 2.30. The molecule has 2 atom stereocenters. The van der Waals surface area contributed by atoms with Gasteiger partial charge in [-0.15, -0.1) is 12.4 Å². The molecule has 1 aromatic heterocycles. The van der Waals surface area contributed by atoms with Gasteiger partial charge < -0.3 is 19.4 Å². The number of amides is 1. The zero-order valence-electron chi connectivity index (χ0n) is 12.7. The second-order valence-electron chi connectivity index (χ2n) is 5.45. The number of furan rings is 1. The van der Waals surface area contributed by atoms with Crippen LogP contribution < -0.4 is 5.32 Å². The van der Waals surface area contributed by atoms with E-state index in [0.717, 1.165) is 16.7 Å². The van der Waals surface area contributed by atoms with Crippen molar-refractivity contribution in [2.45, 2.75) is 25.6 Å². The zero-order chi connectivity index (χ0) is 14.8. The molecule has 22 heavy (non-hydrogen) atoms. The molecule has 0 saturated carbocycles. The lowest BCUT2D eigenvalue weighted by Crippen LogP contribution is -2.55. The van der Waals surface area contributed by atoms with E-state index in [1.807, 2.05) is 37.3 Å². The van der Waals surface area contributed by atoms with Gasteiger partial charge in [0.1, 0.15) is 17.4 Å².